The Balaban J connectivity index is 1.40. The Morgan fingerprint density at radius 1 is 1.33 bits per heavy atom. The summed E-state index contributed by atoms with van der Waals surface area (Å²) in [6, 6.07) is 7.47. The standard InChI is InChI=1S/C24H32ClN5O3/c1-24(2)15-32-14-17(33-24)12-27-21-7-3-6-20(29-21)18-10-22(28-13-19(18)25)30-23(31)9-16-5-4-8-26-11-16/h3,6-7,10,13,16-17,26H,4-5,8-9,11-12,14-15H2,1-2H3,(H,27,29)(H,28,30,31). The van der Waals surface area contributed by atoms with Crippen LogP contribution in [0, 0.1) is 5.92 Å². The van der Waals surface area contributed by atoms with Crippen LogP contribution in [0.1, 0.15) is 33.1 Å². The first kappa shape index (κ1) is 23.9. The number of aromatic nitrogens is 2. The van der Waals surface area contributed by atoms with Crippen LogP contribution in [0.4, 0.5) is 11.6 Å². The van der Waals surface area contributed by atoms with Crippen molar-refractivity contribution in [1.82, 2.24) is 15.3 Å². The lowest BCUT2D eigenvalue weighted by Crippen LogP contribution is -2.45. The summed E-state index contributed by atoms with van der Waals surface area (Å²) in [6.45, 7) is 7.67. The van der Waals surface area contributed by atoms with Gasteiger partial charge >= 0.3 is 0 Å². The van der Waals surface area contributed by atoms with Gasteiger partial charge in [0.2, 0.25) is 5.91 Å². The number of piperidine rings is 1. The van der Waals surface area contributed by atoms with Gasteiger partial charge in [0, 0.05) is 24.7 Å². The second-order valence-electron chi connectivity index (χ2n) is 9.32. The highest BCUT2D eigenvalue weighted by atomic mass is 35.5. The summed E-state index contributed by atoms with van der Waals surface area (Å²) < 4.78 is 11.7. The van der Waals surface area contributed by atoms with Crippen molar-refractivity contribution in [2.24, 2.45) is 5.92 Å². The highest BCUT2D eigenvalue weighted by Crippen LogP contribution is 2.29. The van der Waals surface area contributed by atoms with Crippen molar-refractivity contribution < 1.29 is 14.3 Å². The number of halogens is 1. The lowest BCUT2D eigenvalue weighted by Gasteiger charge is -2.36. The van der Waals surface area contributed by atoms with Crippen LogP contribution in [0.5, 0.6) is 0 Å². The fourth-order valence-electron chi connectivity index (χ4n) is 4.22. The number of amides is 1. The molecule has 4 heterocycles. The Labute approximate surface area is 199 Å². The molecule has 2 aromatic rings. The number of hydrogen-bond acceptors (Lipinski definition) is 7. The summed E-state index contributed by atoms with van der Waals surface area (Å²) in [5.41, 5.74) is 1.11. The van der Waals surface area contributed by atoms with E-state index in [1.54, 1.807) is 12.3 Å². The van der Waals surface area contributed by atoms with Gasteiger partial charge in [0.25, 0.3) is 0 Å². The molecule has 0 spiro atoms. The van der Waals surface area contributed by atoms with Crippen LogP contribution in [0.3, 0.4) is 0 Å². The van der Waals surface area contributed by atoms with Crippen LogP contribution in [0.25, 0.3) is 11.3 Å². The van der Waals surface area contributed by atoms with Crippen molar-refractivity contribution >= 4 is 29.1 Å². The number of carbonyl (C=O) groups is 1. The molecule has 8 nitrogen and oxygen atoms in total. The minimum absolute atomic E-state index is 0.0366. The molecule has 2 aliphatic heterocycles. The summed E-state index contributed by atoms with van der Waals surface area (Å²) in [4.78, 5) is 21.5. The van der Waals surface area contributed by atoms with Crippen LogP contribution >= 0.6 is 11.6 Å². The minimum atomic E-state index is -0.293. The van der Waals surface area contributed by atoms with E-state index < -0.39 is 0 Å². The minimum Gasteiger partial charge on any atom is -0.376 e. The normalized spacial score (nSPS) is 22.5. The third kappa shape index (κ3) is 6.86. The highest BCUT2D eigenvalue weighted by Gasteiger charge is 2.29. The fraction of sp³-hybridized carbons (Fsp3) is 0.542. The van der Waals surface area contributed by atoms with Gasteiger partial charge < -0.3 is 25.4 Å². The topological polar surface area (TPSA) is 97.4 Å². The molecule has 0 radical (unpaired) electrons. The molecule has 2 saturated heterocycles. The van der Waals surface area contributed by atoms with Crippen molar-refractivity contribution in [1.29, 1.82) is 0 Å². The number of carbonyl (C=O) groups excluding carboxylic acids is 1. The van der Waals surface area contributed by atoms with Crippen molar-refractivity contribution in [3.05, 3.63) is 35.5 Å². The van der Waals surface area contributed by atoms with E-state index in [9.17, 15) is 4.79 Å². The average molecular weight is 474 g/mol. The zero-order valence-electron chi connectivity index (χ0n) is 19.2. The molecule has 2 aliphatic rings. The van der Waals surface area contributed by atoms with Crippen LogP contribution in [0.15, 0.2) is 30.5 Å². The zero-order valence-corrected chi connectivity index (χ0v) is 20.0. The third-order valence-electron chi connectivity index (χ3n) is 5.77. The number of hydrogen-bond donors (Lipinski definition) is 3. The molecule has 2 unspecified atom stereocenters. The lowest BCUT2D eigenvalue weighted by molar-refractivity contribution is -0.177. The Morgan fingerprint density at radius 3 is 3.00 bits per heavy atom. The number of rotatable bonds is 7. The van der Waals surface area contributed by atoms with E-state index in [1.165, 1.54) is 0 Å². The largest absolute Gasteiger partial charge is 0.376 e. The van der Waals surface area contributed by atoms with E-state index in [1.807, 2.05) is 32.0 Å². The summed E-state index contributed by atoms with van der Waals surface area (Å²) in [7, 11) is 0. The summed E-state index contributed by atoms with van der Waals surface area (Å²) >= 11 is 6.43. The van der Waals surface area contributed by atoms with Crippen LogP contribution in [0.2, 0.25) is 5.02 Å². The van der Waals surface area contributed by atoms with Gasteiger partial charge in [-0.2, -0.15) is 0 Å². The Kier molecular flexibility index (Phi) is 7.80. The zero-order chi connectivity index (χ0) is 23.3. The van der Waals surface area contributed by atoms with Crippen LogP contribution in [-0.2, 0) is 14.3 Å². The second kappa shape index (κ2) is 10.8. The van der Waals surface area contributed by atoms with Crippen molar-refractivity contribution in [2.75, 3.05) is 43.5 Å². The predicted molar refractivity (Wildman–Crippen MR) is 130 cm³/mol. The molecule has 1 amide bonds. The van der Waals surface area contributed by atoms with Gasteiger partial charge in [0.15, 0.2) is 0 Å². The Hall–Kier alpha value is -2.26. The van der Waals surface area contributed by atoms with E-state index in [4.69, 9.17) is 26.1 Å². The van der Waals surface area contributed by atoms with Crippen LogP contribution < -0.4 is 16.0 Å². The molecule has 0 aromatic carbocycles. The summed E-state index contributed by atoms with van der Waals surface area (Å²) in [5, 5.41) is 10.0. The number of anilines is 2. The first-order chi connectivity index (χ1) is 15.9. The van der Waals surface area contributed by atoms with Gasteiger partial charge in [-0.1, -0.05) is 17.7 Å². The monoisotopic (exact) mass is 473 g/mol. The Bertz CT molecular complexity index is 965. The van der Waals surface area contributed by atoms with Gasteiger partial charge in [-0.15, -0.1) is 0 Å². The molecule has 0 saturated carbocycles. The van der Waals surface area contributed by atoms with Gasteiger partial charge in [0.05, 0.1) is 35.6 Å². The molecular weight excluding hydrogens is 442 g/mol. The molecule has 0 bridgehead atoms. The highest BCUT2D eigenvalue weighted by molar-refractivity contribution is 6.33. The molecule has 0 aliphatic carbocycles. The van der Waals surface area contributed by atoms with E-state index in [-0.39, 0.29) is 17.6 Å². The summed E-state index contributed by atoms with van der Waals surface area (Å²) in [6.07, 6.45) is 4.15. The fourth-order valence-corrected chi connectivity index (χ4v) is 4.42. The van der Waals surface area contributed by atoms with Crippen LogP contribution in [-0.4, -0.2) is 60.4 Å². The SMILES string of the molecule is CC1(C)COCC(CNc2cccc(-c3cc(NC(=O)CC4CCCNC4)ncc3Cl)n2)O1. The van der Waals surface area contributed by atoms with Gasteiger partial charge in [-0.3, -0.25) is 4.79 Å². The van der Waals surface area contributed by atoms with Gasteiger partial charge in [-0.05, 0) is 63.9 Å². The molecular formula is C24H32ClN5O3. The maximum absolute atomic E-state index is 12.5. The second-order valence-corrected chi connectivity index (χ2v) is 9.72. The number of ether oxygens (including phenoxy) is 2. The number of nitrogens with one attached hydrogen (secondary N) is 3. The van der Waals surface area contributed by atoms with Crippen molar-refractivity contribution in [2.45, 2.75) is 44.8 Å². The van der Waals surface area contributed by atoms with E-state index in [0.717, 1.165) is 25.9 Å². The van der Waals surface area contributed by atoms with E-state index in [2.05, 4.69) is 20.9 Å². The first-order valence-corrected chi connectivity index (χ1v) is 11.9. The third-order valence-corrected chi connectivity index (χ3v) is 6.07. The smallest absolute Gasteiger partial charge is 0.225 e. The first-order valence-electron chi connectivity index (χ1n) is 11.5. The quantitative estimate of drug-likeness (QED) is 0.563. The van der Waals surface area contributed by atoms with Crippen molar-refractivity contribution in [3.8, 4) is 11.3 Å². The van der Waals surface area contributed by atoms with E-state index >= 15 is 0 Å². The molecule has 4 rings (SSSR count). The lowest BCUT2D eigenvalue weighted by atomic mass is 9.96. The molecule has 2 fully saturated rings. The van der Waals surface area contributed by atoms with Crippen molar-refractivity contribution in [3.63, 3.8) is 0 Å². The average Bonchev–Trinajstić information content (AvgIpc) is 2.79. The molecule has 2 atom stereocenters. The van der Waals surface area contributed by atoms with Gasteiger partial charge in [0.1, 0.15) is 11.6 Å². The number of nitrogens with zero attached hydrogens (tertiary/aromatic N) is 2. The maximum Gasteiger partial charge on any atom is 0.225 e. The molecule has 2 aromatic heterocycles. The Morgan fingerprint density at radius 2 is 2.21 bits per heavy atom. The molecule has 3 N–H and O–H groups in total. The summed E-state index contributed by atoms with van der Waals surface area (Å²) in [5.74, 6) is 1.51. The van der Waals surface area contributed by atoms with E-state index in [0.29, 0.717) is 60.0 Å². The number of pyridine rings is 2. The predicted octanol–water partition coefficient (Wildman–Crippen LogP) is 3.73. The maximum atomic E-state index is 12.5. The van der Waals surface area contributed by atoms with Gasteiger partial charge in [-0.25, -0.2) is 9.97 Å². The molecule has 33 heavy (non-hydrogen) atoms. The molecule has 9 heteroatoms. The molecule has 178 valence electrons.